The minimum Gasteiger partial charge on any atom is -0.455 e. The molecule has 0 aliphatic heterocycles. The van der Waals surface area contributed by atoms with Gasteiger partial charge < -0.3 is 10.1 Å². The van der Waals surface area contributed by atoms with E-state index in [0.29, 0.717) is 10.9 Å². The molecule has 5 heteroatoms. The summed E-state index contributed by atoms with van der Waals surface area (Å²) in [6, 6.07) is 7.60. The van der Waals surface area contributed by atoms with Crippen molar-refractivity contribution in [3.05, 3.63) is 34.9 Å². The van der Waals surface area contributed by atoms with Crippen LogP contribution in [0, 0.1) is 17.8 Å². The van der Waals surface area contributed by atoms with Gasteiger partial charge in [-0.15, -0.1) is 0 Å². The third kappa shape index (κ3) is 3.80. The Bertz CT molecular complexity index is 726. The van der Waals surface area contributed by atoms with Gasteiger partial charge in [0.15, 0.2) is 6.61 Å². The van der Waals surface area contributed by atoms with Crippen LogP contribution in [0.4, 0.5) is 0 Å². The maximum Gasteiger partial charge on any atom is 0.317 e. The van der Waals surface area contributed by atoms with E-state index in [1.54, 1.807) is 0 Å². The molecule has 4 nitrogen and oxygen atoms in total. The van der Waals surface area contributed by atoms with Gasteiger partial charge in [0.2, 0.25) is 0 Å². The minimum atomic E-state index is -0.638. The fourth-order valence-electron chi connectivity index (χ4n) is 5.94. The molecular formula is C23H30ClNO3. The van der Waals surface area contributed by atoms with Crippen molar-refractivity contribution in [3.63, 3.8) is 0 Å². The smallest absolute Gasteiger partial charge is 0.317 e. The van der Waals surface area contributed by atoms with Gasteiger partial charge in [0.25, 0.3) is 5.91 Å². The normalized spacial score (nSPS) is 28.9. The average Bonchev–Trinajstić information content (AvgIpc) is 3.43. The van der Waals surface area contributed by atoms with E-state index in [0.717, 1.165) is 43.1 Å². The molecule has 4 atom stereocenters. The average molecular weight is 404 g/mol. The number of esters is 1. The molecule has 1 aromatic rings. The van der Waals surface area contributed by atoms with Crippen molar-refractivity contribution in [2.45, 2.75) is 69.7 Å². The molecule has 3 saturated carbocycles. The largest absolute Gasteiger partial charge is 0.455 e. The first kappa shape index (κ1) is 19.8. The minimum absolute atomic E-state index is 0.151. The summed E-state index contributed by atoms with van der Waals surface area (Å²) < 4.78 is 5.52. The molecule has 0 unspecified atom stereocenters. The number of nitrogens with one attached hydrogen (secondary N) is 1. The van der Waals surface area contributed by atoms with Crippen molar-refractivity contribution in [1.29, 1.82) is 0 Å². The second kappa shape index (κ2) is 8.06. The highest BCUT2D eigenvalue weighted by atomic mass is 35.5. The van der Waals surface area contributed by atoms with Gasteiger partial charge >= 0.3 is 5.97 Å². The highest BCUT2D eigenvalue weighted by molar-refractivity contribution is 6.30. The number of carbonyl (C=O) groups is 2. The molecular weight excluding hydrogens is 374 g/mol. The maximum absolute atomic E-state index is 13.0. The number of ether oxygens (including phenoxy) is 1. The number of halogens is 1. The Morgan fingerprint density at radius 1 is 1.18 bits per heavy atom. The van der Waals surface area contributed by atoms with Gasteiger partial charge in [-0.25, -0.2) is 0 Å². The molecule has 0 spiro atoms. The molecule has 3 aliphatic rings. The summed E-state index contributed by atoms with van der Waals surface area (Å²) >= 11 is 6.00. The molecule has 152 valence electrons. The molecule has 3 aliphatic carbocycles. The Morgan fingerprint density at radius 3 is 2.50 bits per heavy atom. The predicted molar refractivity (Wildman–Crippen MR) is 109 cm³/mol. The topological polar surface area (TPSA) is 55.4 Å². The third-order valence-corrected chi connectivity index (χ3v) is 7.65. The molecule has 0 saturated heterocycles. The van der Waals surface area contributed by atoms with E-state index >= 15 is 0 Å². The summed E-state index contributed by atoms with van der Waals surface area (Å²) in [6.45, 7) is 1.90. The quantitative estimate of drug-likeness (QED) is 0.704. The molecule has 2 bridgehead atoms. The van der Waals surface area contributed by atoms with Crippen LogP contribution in [0.5, 0.6) is 0 Å². The lowest BCUT2D eigenvalue weighted by atomic mass is 9.79. The molecule has 0 aromatic heterocycles. The van der Waals surface area contributed by atoms with Crippen molar-refractivity contribution >= 4 is 23.5 Å². The Labute approximate surface area is 172 Å². The van der Waals surface area contributed by atoms with Crippen LogP contribution in [0.1, 0.15) is 63.9 Å². The van der Waals surface area contributed by atoms with E-state index < -0.39 is 5.41 Å². The first-order chi connectivity index (χ1) is 13.5. The van der Waals surface area contributed by atoms with Crippen LogP contribution >= 0.6 is 11.6 Å². The second-order valence-corrected chi connectivity index (χ2v) is 9.50. The summed E-state index contributed by atoms with van der Waals surface area (Å²) in [7, 11) is 0. The lowest BCUT2D eigenvalue weighted by Gasteiger charge is -2.29. The van der Waals surface area contributed by atoms with Crippen molar-refractivity contribution in [2.24, 2.45) is 17.8 Å². The monoisotopic (exact) mass is 403 g/mol. The number of fused-ring (bicyclic) bond motifs is 2. The van der Waals surface area contributed by atoms with Gasteiger partial charge in [-0.2, -0.15) is 0 Å². The number of hydrogen-bond acceptors (Lipinski definition) is 3. The van der Waals surface area contributed by atoms with Crippen molar-refractivity contribution in [2.75, 3.05) is 6.61 Å². The first-order valence-electron chi connectivity index (χ1n) is 10.7. The fourth-order valence-corrected chi connectivity index (χ4v) is 6.06. The Hall–Kier alpha value is -1.55. The number of rotatable bonds is 6. The van der Waals surface area contributed by atoms with Gasteiger partial charge in [-0.3, -0.25) is 9.59 Å². The van der Waals surface area contributed by atoms with Crippen LogP contribution in [0.3, 0.4) is 0 Å². The molecule has 3 fully saturated rings. The van der Waals surface area contributed by atoms with Gasteiger partial charge in [0.05, 0.1) is 5.41 Å². The zero-order valence-corrected chi connectivity index (χ0v) is 17.3. The molecule has 1 N–H and O–H groups in total. The zero-order chi connectivity index (χ0) is 19.7. The number of hydrogen-bond donors (Lipinski definition) is 1. The van der Waals surface area contributed by atoms with Gasteiger partial charge in [-0.05, 0) is 74.5 Å². The molecule has 0 radical (unpaired) electrons. The molecule has 1 amide bonds. The lowest BCUT2D eigenvalue weighted by molar-refractivity contribution is -0.154. The van der Waals surface area contributed by atoms with Crippen LogP contribution in [-0.4, -0.2) is 24.5 Å². The number of carbonyl (C=O) groups excluding carboxylic acids is 2. The lowest BCUT2D eigenvalue weighted by Crippen LogP contribution is -2.43. The zero-order valence-electron chi connectivity index (χ0n) is 16.6. The SMILES string of the molecule is C[C@H](NC(=O)COC(=O)C1(c2ccc(Cl)cc2)CCCC1)[C@H]1C[C@H]2CC[C@H]1C2. The summed E-state index contributed by atoms with van der Waals surface area (Å²) in [4.78, 5) is 25.4. The van der Waals surface area contributed by atoms with Crippen molar-refractivity contribution in [1.82, 2.24) is 5.32 Å². The standard InChI is InChI=1S/C23H30ClNO3/c1-15(20-13-16-4-5-17(20)12-16)25-21(26)14-28-22(27)23(10-2-3-11-23)18-6-8-19(24)9-7-18/h6-9,15-17,20H,2-5,10-14H2,1H3,(H,25,26)/t15-,16-,17-,20+/m0/s1. The van der Waals surface area contributed by atoms with Crippen LogP contribution < -0.4 is 5.32 Å². The van der Waals surface area contributed by atoms with E-state index in [1.807, 2.05) is 24.3 Å². The molecule has 0 heterocycles. The maximum atomic E-state index is 13.0. The fraction of sp³-hybridized carbons (Fsp3) is 0.652. The Balaban J connectivity index is 1.33. The summed E-state index contributed by atoms with van der Waals surface area (Å²) in [5, 5.41) is 3.73. The highest BCUT2D eigenvalue weighted by Crippen LogP contribution is 2.49. The molecule has 28 heavy (non-hydrogen) atoms. The van der Waals surface area contributed by atoms with Crippen LogP contribution in [-0.2, 0) is 19.7 Å². The highest BCUT2D eigenvalue weighted by Gasteiger charge is 2.45. The van der Waals surface area contributed by atoms with Crippen molar-refractivity contribution in [3.8, 4) is 0 Å². The number of amides is 1. The Kier molecular flexibility index (Phi) is 5.69. The predicted octanol–water partition coefficient (Wildman–Crippen LogP) is 4.64. The van der Waals surface area contributed by atoms with E-state index in [2.05, 4.69) is 12.2 Å². The van der Waals surface area contributed by atoms with Crippen LogP contribution in [0.15, 0.2) is 24.3 Å². The van der Waals surface area contributed by atoms with E-state index in [9.17, 15) is 9.59 Å². The molecule has 4 rings (SSSR count). The van der Waals surface area contributed by atoms with Crippen LogP contribution in [0.25, 0.3) is 0 Å². The third-order valence-electron chi connectivity index (χ3n) is 7.40. The number of benzene rings is 1. The van der Waals surface area contributed by atoms with E-state index in [1.165, 1.54) is 25.7 Å². The Morgan fingerprint density at radius 2 is 1.89 bits per heavy atom. The van der Waals surface area contributed by atoms with E-state index in [-0.39, 0.29) is 24.5 Å². The second-order valence-electron chi connectivity index (χ2n) is 9.07. The van der Waals surface area contributed by atoms with E-state index in [4.69, 9.17) is 16.3 Å². The summed E-state index contributed by atoms with van der Waals surface area (Å²) in [5.74, 6) is 1.72. The first-order valence-corrected chi connectivity index (χ1v) is 11.1. The summed E-state index contributed by atoms with van der Waals surface area (Å²) in [5.41, 5.74) is 0.302. The van der Waals surface area contributed by atoms with Gasteiger partial charge in [0, 0.05) is 11.1 Å². The summed E-state index contributed by atoms with van der Waals surface area (Å²) in [6.07, 6.45) is 8.71. The van der Waals surface area contributed by atoms with Crippen molar-refractivity contribution < 1.29 is 14.3 Å². The van der Waals surface area contributed by atoms with Gasteiger partial charge in [0.1, 0.15) is 0 Å². The van der Waals surface area contributed by atoms with Gasteiger partial charge in [-0.1, -0.05) is 43.0 Å². The van der Waals surface area contributed by atoms with Crippen LogP contribution in [0.2, 0.25) is 5.02 Å². The molecule has 1 aromatic carbocycles.